The summed E-state index contributed by atoms with van der Waals surface area (Å²) >= 11 is 0. The van der Waals surface area contributed by atoms with Crippen LogP contribution in [0, 0.1) is 20.8 Å². The number of nitrogens with zero attached hydrogens (tertiary/aromatic N) is 2. The third-order valence-electron chi connectivity index (χ3n) is 4.03. The summed E-state index contributed by atoms with van der Waals surface area (Å²) in [5.74, 6) is 0.949. The van der Waals surface area contributed by atoms with Gasteiger partial charge in [-0.25, -0.2) is 4.98 Å². The molecule has 0 saturated heterocycles. The van der Waals surface area contributed by atoms with Gasteiger partial charge in [0.15, 0.2) is 0 Å². The van der Waals surface area contributed by atoms with Gasteiger partial charge in [-0.3, -0.25) is 0 Å². The molecule has 0 saturated carbocycles. The van der Waals surface area contributed by atoms with E-state index < -0.39 is 0 Å². The Kier molecular flexibility index (Phi) is 2.22. The van der Waals surface area contributed by atoms with Crippen LogP contribution in [-0.4, -0.2) is 9.55 Å². The molecule has 3 nitrogen and oxygen atoms in total. The van der Waals surface area contributed by atoms with Crippen LogP contribution in [0.25, 0.3) is 11.0 Å². The van der Waals surface area contributed by atoms with Gasteiger partial charge in [-0.1, -0.05) is 23.8 Å². The fourth-order valence-electron chi connectivity index (χ4n) is 3.14. The maximum atomic E-state index is 4.73. The molecule has 1 aliphatic rings. The zero-order chi connectivity index (χ0) is 13.9. The third-order valence-corrected chi connectivity index (χ3v) is 4.03. The van der Waals surface area contributed by atoms with Crippen LogP contribution in [0.4, 0.5) is 11.6 Å². The molecule has 2 aromatic carbocycles. The SMILES string of the molecule is Cc1cc(C)c2c(c1)Cn1c(nc3cc(C)ccc31)N2. The lowest BCUT2D eigenvalue weighted by atomic mass is 10.0. The Labute approximate surface area is 118 Å². The van der Waals surface area contributed by atoms with Crippen molar-refractivity contribution in [2.24, 2.45) is 0 Å². The van der Waals surface area contributed by atoms with Crippen LogP contribution in [-0.2, 0) is 6.54 Å². The van der Waals surface area contributed by atoms with Crippen LogP contribution < -0.4 is 5.32 Å². The summed E-state index contributed by atoms with van der Waals surface area (Å²) in [7, 11) is 0. The summed E-state index contributed by atoms with van der Waals surface area (Å²) in [6.45, 7) is 7.30. The Bertz CT molecular complexity index is 843. The second-order valence-electron chi connectivity index (χ2n) is 5.75. The lowest BCUT2D eigenvalue weighted by molar-refractivity contribution is 0.814. The second-order valence-corrected chi connectivity index (χ2v) is 5.75. The van der Waals surface area contributed by atoms with Gasteiger partial charge >= 0.3 is 0 Å². The number of aromatic nitrogens is 2. The number of fused-ring (bicyclic) bond motifs is 4. The highest BCUT2D eigenvalue weighted by Gasteiger charge is 2.20. The first kappa shape index (κ1) is 11.5. The average molecular weight is 263 g/mol. The number of rotatable bonds is 0. The van der Waals surface area contributed by atoms with Crippen molar-refractivity contribution in [3.8, 4) is 0 Å². The molecule has 100 valence electrons. The van der Waals surface area contributed by atoms with Gasteiger partial charge in [0.25, 0.3) is 0 Å². The standard InChI is InChI=1S/C17H17N3/c1-10-4-5-15-14(8-10)18-17-19-16-12(3)6-11(2)7-13(16)9-20(15)17/h4-8H,9H2,1-3H3,(H,18,19). The largest absolute Gasteiger partial charge is 0.325 e. The minimum absolute atomic E-state index is 0.889. The van der Waals surface area contributed by atoms with E-state index in [1.54, 1.807) is 0 Å². The second kappa shape index (κ2) is 3.85. The van der Waals surface area contributed by atoms with Crippen LogP contribution in [0.3, 0.4) is 0 Å². The number of aryl methyl sites for hydroxylation is 3. The van der Waals surface area contributed by atoms with Crippen LogP contribution in [0.15, 0.2) is 30.3 Å². The first-order valence-electron chi connectivity index (χ1n) is 6.96. The van der Waals surface area contributed by atoms with Crippen molar-refractivity contribution in [3.63, 3.8) is 0 Å². The van der Waals surface area contributed by atoms with Crippen molar-refractivity contribution >= 4 is 22.7 Å². The van der Waals surface area contributed by atoms with Gasteiger partial charge in [0.1, 0.15) is 0 Å². The van der Waals surface area contributed by atoms with E-state index in [1.807, 2.05) is 0 Å². The molecule has 3 heteroatoms. The van der Waals surface area contributed by atoms with E-state index in [1.165, 1.54) is 33.5 Å². The van der Waals surface area contributed by atoms with Crippen molar-refractivity contribution in [1.82, 2.24) is 9.55 Å². The van der Waals surface area contributed by atoms with E-state index in [-0.39, 0.29) is 0 Å². The van der Waals surface area contributed by atoms with Gasteiger partial charge in [0.05, 0.1) is 17.6 Å². The van der Waals surface area contributed by atoms with Crippen LogP contribution in [0.2, 0.25) is 0 Å². The topological polar surface area (TPSA) is 29.9 Å². The molecule has 0 amide bonds. The summed E-state index contributed by atoms with van der Waals surface area (Å²) in [5, 5.41) is 3.50. The van der Waals surface area contributed by atoms with Gasteiger partial charge in [-0.15, -0.1) is 0 Å². The van der Waals surface area contributed by atoms with Crippen molar-refractivity contribution in [3.05, 3.63) is 52.6 Å². The molecule has 1 aliphatic heterocycles. The van der Waals surface area contributed by atoms with E-state index in [0.29, 0.717) is 0 Å². The summed E-state index contributed by atoms with van der Waals surface area (Å²) < 4.78 is 2.26. The molecule has 0 bridgehead atoms. The molecule has 2 heterocycles. The average Bonchev–Trinajstić information content (AvgIpc) is 2.73. The van der Waals surface area contributed by atoms with Gasteiger partial charge in [-0.2, -0.15) is 0 Å². The Morgan fingerprint density at radius 1 is 1.05 bits per heavy atom. The third kappa shape index (κ3) is 1.56. The smallest absolute Gasteiger partial charge is 0.208 e. The minimum atomic E-state index is 0.889. The lowest BCUT2D eigenvalue weighted by Crippen LogP contribution is -2.14. The molecule has 0 spiro atoms. The number of hydrogen-bond acceptors (Lipinski definition) is 2. The zero-order valence-corrected chi connectivity index (χ0v) is 12.0. The predicted molar refractivity (Wildman–Crippen MR) is 82.8 cm³/mol. The Morgan fingerprint density at radius 2 is 1.90 bits per heavy atom. The summed E-state index contributed by atoms with van der Waals surface area (Å²) in [4.78, 5) is 4.73. The molecule has 1 aromatic heterocycles. The van der Waals surface area contributed by atoms with Crippen LogP contribution in [0.1, 0.15) is 22.3 Å². The normalized spacial score (nSPS) is 12.9. The van der Waals surface area contributed by atoms with Gasteiger partial charge < -0.3 is 9.88 Å². The predicted octanol–water partition coefficient (Wildman–Crippen LogP) is 4.07. The highest BCUT2D eigenvalue weighted by atomic mass is 15.2. The maximum absolute atomic E-state index is 4.73. The first-order chi connectivity index (χ1) is 9.61. The maximum Gasteiger partial charge on any atom is 0.208 e. The van der Waals surface area contributed by atoms with Crippen molar-refractivity contribution in [2.75, 3.05) is 5.32 Å². The summed E-state index contributed by atoms with van der Waals surface area (Å²) in [6.07, 6.45) is 0. The molecular weight excluding hydrogens is 246 g/mol. The monoisotopic (exact) mass is 263 g/mol. The zero-order valence-electron chi connectivity index (χ0n) is 12.0. The van der Waals surface area contributed by atoms with E-state index in [2.05, 4.69) is 61.0 Å². The highest BCUT2D eigenvalue weighted by Crippen LogP contribution is 2.34. The first-order valence-corrected chi connectivity index (χ1v) is 6.96. The van der Waals surface area contributed by atoms with E-state index in [0.717, 1.165) is 18.0 Å². The molecule has 0 unspecified atom stereocenters. The molecule has 0 radical (unpaired) electrons. The highest BCUT2D eigenvalue weighted by molar-refractivity contribution is 5.82. The Morgan fingerprint density at radius 3 is 2.75 bits per heavy atom. The van der Waals surface area contributed by atoms with E-state index in [9.17, 15) is 0 Å². The molecule has 4 rings (SSSR count). The van der Waals surface area contributed by atoms with E-state index in [4.69, 9.17) is 4.98 Å². The fraction of sp³-hybridized carbons (Fsp3) is 0.235. The number of hydrogen-bond donors (Lipinski definition) is 1. The van der Waals surface area contributed by atoms with Gasteiger partial charge in [0.2, 0.25) is 5.95 Å². The molecule has 3 aromatic rings. The number of benzene rings is 2. The molecule has 1 N–H and O–H groups in total. The van der Waals surface area contributed by atoms with Crippen LogP contribution >= 0.6 is 0 Å². The minimum Gasteiger partial charge on any atom is -0.325 e. The Balaban J connectivity index is 1.94. The molecule has 20 heavy (non-hydrogen) atoms. The van der Waals surface area contributed by atoms with E-state index >= 15 is 0 Å². The Hall–Kier alpha value is -2.29. The van der Waals surface area contributed by atoms with Gasteiger partial charge in [0, 0.05) is 5.69 Å². The van der Waals surface area contributed by atoms with Crippen molar-refractivity contribution in [2.45, 2.75) is 27.3 Å². The summed E-state index contributed by atoms with van der Waals surface area (Å²) in [6, 6.07) is 10.9. The molecule has 0 aliphatic carbocycles. The quantitative estimate of drug-likeness (QED) is 0.518. The van der Waals surface area contributed by atoms with Crippen molar-refractivity contribution in [1.29, 1.82) is 0 Å². The van der Waals surface area contributed by atoms with Gasteiger partial charge in [-0.05, 0) is 49.6 Å². The van der Waals surface area contributed by atoms with Crippen LogP contribution in [0.5, 0.6) is 0 Å². The van der Waals surface area contributed by atoms with Crippen molar-refractivity contribution < 1.29 is 0 Å². The summed E-state index contributed by atoms with van der Waals surface area (Å²) in [5.41, 5.74) is 8.67. The number of nitrogens with one attached hydrogen (secondary N) is 1. The molecule has 0 fully saturated rings. The number of anilines is 2. The molecule has 0 atom stereocenters. The number of imidazole rings is 1. The fourth-order valence-corrected chi connectivity index (χ4v) is 3.14. The lowest BCUT2D eigenvalue weighted by Gasteiger charge is -2.22. The molecular formula is C17H17N3.